The third kappa shape index (κ3) is 6.89. The third-order valence-corrected chi connectivity index (χ3v) is 4.22. The molecular formula is C22H25N3O4S. The van der Waals surface area contributed by atoms with Crippen LogP contribution in [0.25, 0.3) is 6.08 Å². The summed E-state index contributed by atoms with van der Waals surface area (Å²) in [5, 5.41) is 8.45. The van der Waals surface area contributed by atoms with Gasteiger partial charge in [0.2, 0.25) is 5.91 Å². The zero-order chi connectivity index (χ0) is 21.9. The summed E-state index contributed by atoms with van der Waals surface area (Å²) in [6.45, 7) is 2.62. The first-order valence-corrected chi connectivity index (χ1v) is 9.78. The second-order valence-corrected chi connectivity index (χ2v) is 6.63. The first-order chi connectivity index (χ1) is 14.5. The van der Waals surface area contributed by atoms with Crippen molar-refractivity contribution in [2.75, 3.05) is 26.1 Å². The maximum absolute atomic E-state index is 12.1. The molecule has 0 saturated carbocycles. The lowest BCUT2D eigenvalue weighted by molar-refractivity contribution is -0.115. The van der Waals surface area contributed by atoms with Gasteiger partial charge in [0.1, 0.15) is 0 Å². The summed E-state index contributed by atoms with van der Waals surface area (Å²) in [6, 6.07) is 12.1. The van der Waals surface area contributed by atoms with Gasteiger partial charge in [0.25, 0.3) is 5.91 Å². The van der Waals surface area contributed by atoms with Gasteiger partial charge in [0, 0.05) is 23.9 Å². The monoisotopic (exact) mass is 427 g/mol. The van der Waals surface area contributed by atoms with Crippen LogP contribution >= 0.6 is 12.2 Å². The molecule has 0 fully saturated rings. The van der Waals surface area contributed by atoms with E-state index in [9.17, 15) is 9.59 Å². The fraction of sp³-hybridized carbons (Fsp3) is 0.227. The minimum atomic E-state index is -0.377. The quantitative estimate of drug-likeness (QED) is 0.442. The van der Waals surface area contributed by atoms with Crippen LogP contribution in [0.2, 0.25) is 0 Å². The highest BCUT2D eigenvalue weighted by atomic mass is 32.1. The van der Waals surface area contributed by atoms with Gasteiger partial charge in [-0.05, 0) is 66.7 Å². The van der Waals surface area contributed by atoms with E-state index in [1.165, 1.54) is 6.08 Å². The van der Waals surface area contributed by atoms with E-state index in [0.29, 0.717) is 29.3 Å². The molecular weight excluding hydrogens is 402 g/mol. The maximum atomic E-state index is 12.1. The average Bonchev–Trinajstić information content (AvgIpc) is 2.76. The second-order valence-electron chi connectivity index (χ2n) is 6.22. The van der Waals surface area contributed by atoms with Crippen LogP contribution in [0.1, 0.15) is 29.3 Å². The van der Waals surface area contributed by atoms with Crippen molar-refractivity contribution < 1.29 is 19.1 Å². The summed E-state index contributed by atoms with van der Waals surface area (Å²) in [5.41, 5.74) is 2.00. The predicted molar refractivity (Wildman–Crippen MR) is 122 cm³/mol. The fourth-order valence-electron chi connectivity index (χ4n) is 2.49. The number of carbonyl (C=O) groups excluding carboxylic acids is 2. The Balaban J connectivity index is 1.89. The molecule has 3 N–H and O–H groups in total. The highest BCUT2D eigenvalue weighted by Gasteiger charge is 2.06. The molecule has 2 rings (SSSR count). The Kier molecular flexibility index (Phi) is 8.83. The number of hydrogen-bond donors (Lipinski definition) is 3. The zero-order valence-corrected chi connectivity index (χ0v) is 18.0. The Morgan fingerprint density at radius 1 is 1.03 bits per heavy atom. The van der Waals surface area contributed by atoms with Gasteiger partial charge < -0.3 is 20.1 Å². The minimum Gasteiger partial charge on any atom is -0.493 e. The summed E-state index contributed by atoms with van der Waals surface area (Å²) in [5.74, 6) is 0.680. The highest BCUT2D eigenvalue weighted by Crippen LogP contribution is 2.27. The van der Waals surface area contributed by atoms with E-state index in [1.54, 1.807) is 62.8 Å². The standard InChI is InChI=1S/C22H25N3O4S/c1-4-13-23-21(27)16-7-9-17(10-8-16)24-22(30)25-20(26)12-6-15-5-11-18(28-2)19(14-15)29-3/h5-12,14H,4,13H2,1-3H3,(H,23,27)(H2,24,25,26,30)/b12-6+. The zero-order valence-electron chi connectivity index (χ0n) is 17.2. The van der Waals surface area contributed by atoms with Crippen LogP contribution in [0, 0.1) is 0 Å². The van der Waals surface area contributed by atoms with Crippen LogP contribution < -0.4 is 25.4 Å². The lowest BCUT2D eigenvalue weighted by atomic mass is 10.2. The van der Waals surface area contributed by atoms with Crippen molar-refractivity contribution >= 4 is 40.9 Å². The molecule has 7 nitrogen and oxygen atoms in total. The van der Waals surface area contributed by atoms with Gasteiger partial charge in [-0.2, -0.15) is 0 Å². The number of anilines is 1. The van der Waals surface area contributed by atoms with Gasteiger partial charge in [0.15, 0.2) is 16.6 Å². The first-order valence-electron chi connectivity index (χ1n) is 9.37. The van der Waals surface area contributed by atoms with E-state index >= 15 is 0 Å². The van der Waals surface area contributed by atoms with E-state index in [0.717, 1.165) is 12.0 Å². The molecule has 0 radical (unpaired) electrons. The van der Waals surface area contributed by atoms with Crippen LogP contribution in [0.15, 0.2) is 48.5 Å². The molecule has 0 unspecified atom stereocenters. The molecule has 30 heavy (non-hydrogen) atoms. The van der Waals surface area contributed by atoms with Crippen molar-refractivity contribution in [2.45, 2.75) is 13.3 Å². The molecule has 2 aromatic rings. The van der Waals surface area contributed by atoms with E-state index in [4.69, 9.17) is 21.7 Å². The van der Waals surface area contributed by atoms with Gasteiger partial charge in [-0.25, -0.2) is 0 Å². The highest BCUT2D eigenvalue weighted by molar-refractivity contribution is 7.80. The molecule has 2 amide bonds. The van der Waals surface area contributed by atoms with Gasteiger partial charge >= 0.3 is 0 Å². The van der Waals surface area contributed by atoms with Crippen LogP contribution in [0.3, 0.4) is 0 Å². The summed E-state index contributed by atoms with van der Waals surface area (Å²) < 4.78 is 10.4. The van der Waals surface area contributed by atoms with Crippen LogP contribution in [-0.4, -0.2) is 37.7 Å². The lowest BCUT2D eigenvalue weighted by Crippen LogP contribution is -2.32. The summed E-state index contributed by atoms with van der Waals surface area (Å²) >= 11 is 5.16. The Labute approximate surface area is 181 Å². The number of rotatable bonds is 8. The number of nitrogens with one attached hydrogen (secondary N) is 3. The number of amides is 2. The predicted octanol–water partition coefficient (Wildman–Crippen LogP) is 3.37. The normalized spacial score (nSPS) is 10.4. The van der Waals surface area contributed by atoms with E-state index in [2.05, 4.69) is 16.0 Å². The number of hydrogen-bond acceptors (Lipinski definition) is 5. The Morgan fingerprint density at radius 2 is 1.73 bits per heavy atom. The number of thiocarbonyl (C=S) groups is 1. The van der Waals surface area contributed by atoms with Gasteiger partial charge in [-0.1, -0.05) is 13.0 Å². The minimum absolute atomic E-state index is 0.125. The summed E-state index contributed by atoms with van der Waals surface area (Å²) in [4.78, 5) is 24.0. The maximum Gasteiger partial charge on any atom is 0.251 e. The summed E-state index contributed by atoms with van der Waals surface area (Å²) in [7, 11) is 3.11. The van der Waals surface area contributed by atoms with Crippen LogP contribution in [-0.2, 0) is 4.79 Å². The van der Waals surface area contributed by atoms with Gasteiger partial charge in [0.05, 0.1) is 14.2 Å². The van der Waals surface area contributed by atoms with Crippen molar-refractivity contribution in [1.29, 1.82) is 0 Å². The third-order valence-electron chi connectivity index (χ3n) is 4.01. The molecule has 0 bridgehead atoms. The molecule has 0 aromatic heterocycles. The Hall–Kier alpha value is -3.39. The number of methoxy groups -OCH3 is 2. The molecule has 0 aliphatic heterocycles. The van der Waals surface area contributed by atoms with E-state index in [-0.39, 0.29) is 16.9 Å². The number of ether oxygens (including phenoxy) is 2. The van der Waals surface area contributed by atoms with Crippen molar-refractivity contribution in [3.63, 3.8) is 0 Å². The van der Waals surface area contributed by atoms with Crippen LogP contribution in [0.4, 0.5) is 5.69 Å². The van der Waals surface area contributed by atoms with E-state index in [1.807, 2.05) is 6.92 Å². The Morgan fingerprint density at radius 3 is 2.37 bits per heavy atom. The van der Waals surface area contributed by atoms with Gasteiger partial charge in [-0.3, -0.25) is 14.9 Å². The van der Waals surface area contributed by atoms with E-state index < -0.39 is 0 Å². The molecule has 0 heterocycles. The number of benzene rings is 2. The average molecular weight is 428 g/mol. The smallest absolute Gasteiger partial charge is 0.251 e. The van der Waals surface area contributed by atoms with Crippen molar-refractivity contribution in [3.05, 3.63) is 59.7 Å². The largest absolute Gasteiger partial charge is 0.493 e. The molecule has 0 atom stereocenters. The number of carbonyl (C=O) groups is 2. The molecule has 0 aliphatic rings. The molecule has 158 valence electrons. The van der Waals surface area contributed by atoms with Crippen LogP contribution in [0.5, 0.6) is 11.5 Å². The fourth-order valence-corrected chi connectivity index (χ4v) is 2.71. The SMILES string of the molecule is CCCNC(=O)c1ccc(NC(=S)NC(=O)/C=C/c2ccc(OC)c(OC)c2)cc1. The first kappa shape index (κ1) is 22.9. The molecule has 8 heteroatoms. The van der Waals surface area contributed by atoms with Crippen molar-refractivity contribution in [3.8, 4) is 11.5 Å². The molecule has 0 spiro atoms. The van der Waals surface area contributed by atoms with Crippen molar-refractivity contribution in [2.24, 2.45) is 0 Å². The Bertz CT molecular complexity index is 926. The molecule has 0 aliphatic carbocycles. The van der Waals surface area contributed by atoms with Crippen molar-refractivity contribution in [1.82, 2.24) is 10.6 Å². The topological polar surface area (TPSA) is 88.7 Å². The second kappa shape index (κ2) is 11.6. The lowest BCUT2D eigenvalue weighted by Gasteiger charge is -2.09. The molecule has 2 aromatic carbocycles. The molecule has 0 saturated heterocycles. The van der Waals surface area contributed by atoms with Gasteiger partial charge in [-0.15, -0.1) is 0 Å². The summed E-state index contributed by atoms with van der Waals surface area (Å²) in [6.07, 6.45) is 3.89.